The molecule has 0 radical (unpaired) electrons. The van der Waals surface area contributed by atoms with Crippen LogP contribution in [0, 0.1) is 13.8 Å². The lowest BCUT2D eigenvalue weighted by Gasteiger charge is -2.18. The predicted molar refractivity (Wildman–Crippen MR) is 119 cm³/mol. The van der Waals surface area contributed by atoms with Gasteiger partial charge in [-0.25, -0.2) is 9.59 Å². The van der Waals surface area contributed by atoms with E-state index in [4.69, 9.17) is 4.74 Å². The zero-order valence-corrected chi connectivity index (χ0v) is 17.6. The molecule has 0 spiro atoms. The molecule has 5 heteroatoms. The van der Waals surface area contributed by atoms with E-state index in [-0.39, 0.29) is 18.9 Å². The number of carboxylic acids is 1. The van der Waals surface area contributed by atoms with E-state index in [1.165, 1.54) is 0 Å². The maximum absolute atomic E-state index is 12.5. The zero-order chi connectivity index (χ0) is 22.0. The summed E-state index contributed by atoms with van der Waals surface area (Å²) in [5.74, 6) is -1.16. The molecular weight excluding hydrogens is 390 g/mol. The van der Waals surface area contributed by atoms with Crippen molar-refractivity contribution in [3.8, 4) is 11.1 Å². The monoisotopic (exact) mass is 415 g/mol. The van der Waals surface area contributed by atoms with Gasteiger partial charge in [0.15, 0.2) is 0 Å². The van der Waals surface area contributed by atoms with Crippen LogP contribution in [0.2, 0.25) is 0 Å². The van der Waals surface area contributed by atoms with Crippen molar-refractivity contribution in [3.63, 3.8) is 0 Å². The molecule has 0 saturated heterocycles. The first kappa shape index (κ1) is 20.7. The van der Waals surface area contributed by atoms with Crippen molar-refractivity contribution in [1.82, 2.24) is 5.32 Å². The van der Waals surface area contributed by atoms with Crippen LogP contribution >= 0.6 is 0 Å². The van der Waals surface area contributed by atoms with Crippen molar-refractivity contribution in [2.24, 2.45) is 0 Å². The Hall–Kier alpha value is -3.60. The Kier molecular flexibility index (Phi) is 5.76. The van der Waals surface area contributed by atoms with Crippen molar-refractivity contribution >= 4 is 12.1 Å². The van der Waals surface area contributed by atoms with E-state index >= 15 is 0 Å². The van der Waals surface area contributed by atoms with Gasteiger partial charge in [0, 0.05) is 12.3 Å². The molecule has 3 aromatic rings. The van der Waals surface area contributed by atoms with Gasteiger partial charge in [0.1, 0.15) is 12.6 Å². The molecule has 3 aromatic carbocycles. The van der Waals surface area contributed by atoms with Gasteiger partial charge in [-0.05, 0) is 47.2 Å². The number of nitrogens with one attached hydrogen (secondary N) is 1. The standard InChI is InChI=1S/C26H25NO4/c1-16-11-12-17(2)18(13-16)14-24(25(28)29)27-26(30)31-15-23-21-9-5-3-7-19(21)20-8-4-6-10-22(20)23/h3-13,23-24H,14-15H2,1-2H3,(H,27,30)(H,28,29)/t24-/m0/s1. The number of aliphatic carboxylic acids is 1. The number of carbonyl (C=O) groups excluding carboxylic acids is 1. The molecule has 4 rings (SSSR count). The average molecular weight is 415 g/mol. The molecule has 0 fully saturated rings. The molecule has 5 nitrogen and oxygen atoms in total. The average Bonchev–Trinajstić information content (AvgIpc) is 3.08. The summed E-state index contributed by atoms with van der Waals surface area (Å²) in [7, 11) is 0. The van der Waals surface area contributed by atoms with Crippen LogP contribution in [0.1, 0.15) is 33.7 Å². The lowest BCUT2D eigenvalue weighted by molar-refractivity contribution is -0.139. The highest BCUT2D eigenvalue weighted by Crippen LogP contribution is 2.44. The van der Waals surface area contributed by atoms with E-state index in [0.717, 1.165) is 38.9 Å². The van der Waals surface area contributed by atoms with Crippen LogP contribution in [0.3, 0.4) is 0 Å². The summed E-state index contributed by atoms with van der Waals surface area (Å²) in [6, 6.07) is 21.0. The molecule has 31 heavy (non-hydrogen) atoms. The molecule has 0 aromatic heterocycles. The predicted octanol–water partition coefficient (Wildman–Crippen LogP) is 4.84. The Morgan fingerprint density at radius 3 is 2.19 bits per heavy atom. The molecule has 0 unspecified atom stereocenters. The summed E-state index contributed by atoms with van der Waals surface area (Å²) >= 11 is 0. The second-order valence-corrected chi connectivity index (χ2v) is 7.99. The van der Waals surface area contributed by atoms with Crippen molar-refractivity contribution in [2.75, 3.05) is 6.61 Å². The minimum absolute atomic E-state index is 0.0690. The number of alkyl carbamates (subject to hydrolysis) is 1. The van der Waals surface area contributed by atoms with Gasteiger partial charge in [-0.1, -0.05) is 72.3 Å². The third kappa shape index (κ3) is 4.31. The Labute approximate surface area is 181 Å². The number of benzene rings is 3. The molecule has 2 N–H and O–H groups in total. The number of hydrogen-bond acceptors (Lipinski definition) is 3. The van der Waals surface area contributed by atoms with Gasteiger partial charge < -0.3 is 15.2 Å². The number of hydrogen-bond donors (Lipinski definition) is 2. The molecular formula is C26H25NO4. The first-order valence-electron chi connectivity index (χ1n) is 10.3. The van der Waals surface area contributed by atoms with Gasteiger partial charge in [0.05, 0.1) is 0 Å². The van der Waals surface area contributed by atoms with Gasteiger partial charge >= 0.3 is 12.1 Å². The maximum Gasteiger partial charge on any atom is 0.407 e. The second-order valence-electron chi connectivity index (χ2n) is 7.99. The van der Waals surface area contributed by atoms with Crippen LogP contribution in [0.15, 0.2) is 66.7 Å². The highest BCUT2D eigenvalue weighted by molar-refractivity contribution is 5.81. The number of fused-ring (bicyclic) bond motifs is 3. The smallest absolute Gasteiger partial charge is 0.407 e. The fourth-order valence-electron chi connectivity index (χ4n) is 4.22. The largest absolute Gasteiger partial charge is 0.480 e. The molecule has 1 amide bonds. The maximum atomic E-state index is 12.5. The van der Waals surface area contributed by atoms with E-state index in [2.05, 4.69) is 17.4 Å². The number of carbonyl (C=O) groups is 2. The summed E-state index contributed by atoms with van der Waals surface area (Å²) in [4.78, 5) is 24.2. The van der Waals surface area contributed by atoms with Crippen molar-refractivity contribution < 1.29 is 19.4 Å². The summed E-state index contributed by atoms with van der Waals surface area (Å²) in [6.45, 7) is 4.04. The number of amides is 1. The molecule has 1 aliphatic carbocycles. The van der Waals surface area contributed by atoms with E-state index in [0.29, 0.717) is 0 Å². The molecule has 0 aliphatic heterocycles. The zero-order valence-electron chi connectivity index (χ0n) is 17.6. The first-order valence-corrected chi connectivity index (χ1v) is 10.3. The van der Waals surface area contributed by atoms with Crippen LogP contribution in [0.4, 0.5) is 4.79 Å². The number of carboxylic acid groups (broad SMARTS) is 1. The van der Waals surface area contributed by atoms with Gasteiger partial charge in [-0.2, -0.15) is 0 Å². The fourth-order valence-corrected chi connectivity index (χ4v) is 4.22. The minimum Gasteiger partial charge on any atom is -0.480 e. The van der Waals surface area contributed by atoms with E-state index in [9.17, 15) is 14.7 Å². The highest BCUT2D eigenvalue weighted by Gasteiger charge is 2.29. The van der Waals surface area contributed by atoms with Gasteiger partial charge in [0.25, 0.3) is 0 Å². The molecule has 1 atom stereocenters. The second kappa shape index (κ2) is 8.64. The molecule has 0 saturated carbocycles. The van der Waals surface area contributed by atoms with Crippen LogP contribution < -0.4 is 5.32 Å². The van der Waals surface area contributed by atoms with E-state index in [1.807, 2.05) is 68.4 Å². The number of ether oxygens (including phenoxy) is 1. The third-order valence-corrected chi connectivity index (χ3v) is 5.86. The first-order chi connectivity index (χ1) is 14.9. The summed E-state index contributed by atoms with van der Waals surface area (Å²) in [5.41, 5.74) is 7.45. The van der Waals surface area contributed by atoms with Gasteiger partial charge in [-0.3, -0.25) is 0 Å². The van der Waals surface area contributed by atoms with Crippen LogP contribution in [-0.4, -0.2) is 29.8 Å². The highest BCUT2D eigenvalue weighted by atomic mass is 16.5. The lowest BCUT2D eigenvalue weighted by atomic mass is 9.98. The summed E-state index contributed by atoms with van der Waals surface area (Å²) < 4.78 is 5.50. The molecule has 0 heterocycles. The topological polar surface area (TPSA) is 75.6 Å². The normalized spacial score (nSPS) is 13.2. The van der Waals surface area contributed by atoms with Crippen LogP contribution in [0.5, 0.6) is 0 Å². The third-order valence-electron chi connectivity index (χ3n) is 5.86. The van der Waals surface area contributed by atoms with Crippen molar-refractivity contribution in [2.45, 2.75) is 32.2 Å². The molecule has 0 bridgehead atoms. The van der Waals surface area contributed by atoms with Crippen LogP contribution in [-0.2, 0) is 16.0 Å². The van der Waals surface area contributed by atoms with E-state index < -0.39 is 18.1 Å². The Bertz CT molecular complexity index is 1090. The molecule has 158 valence electrons. The van der Waals surface area contributed by atoms with Crippen molar-refractivity contribution in [3.05, 3.63) is 94.5 Å². The number of aryl methyl sites for hydroxylation is 2. The SMILES string of the molecule is Cc1ccc(C)c(C[C@H](NC(=O)OCC2c3ccccc3-c3ccccc32)C(=O)O)c1. The van der Waals surface area contributed by atoms with E-state index in [1.54, 1.807) is 0 Å². The summed E-state index contributed by atoms with van der Waals surface area (Å²) in [6.07, 6.45) is -0.521. The van der Waals surface area contributed by atoms with Gasteiger partial charge in [0.2, 0.25) is 0 Å². The molecule has 1 aliphatic rings. The summed E-state index contributed by atoms with van der Waals surface area (Å²) in [5, 5.41) is 12.1. The Morgan fingerprint density at radius 2 is 1.58 bits per heavy atom. The van der Waals surface area contributed by atoms with Gasteiger partial charge in [-0.15, -0.1) is 0 Å². The Morgan fingerprint density at radius 1 is 0.968 bits per heavy atom. The number of rotatable bonds is 6. The fraction of sp³-hybridized carbons (Fsp3) is 0.231. The lowest BCUT2D eigenvalue weighted by Crippen LogP contribution is -2.43. The minimum atomic E-state index is -1.09. The van der Waals surface area contributed by atoms with Crippen LogP contribution in [0.25, 0.3) is 11.1 Å². The quantitative estimate of drug-likeness (QED) is 0.604. The Balaban J connectivity index is 1.45. The van der Waals surface area contributed by atoms with Crippen molar-refractivity contribution in [1.29, 1.82) is 0 Å².